The van der Waals surface area contributed by atoms with E-state index in [2.05, 4.69) is 4.98 Å². The first-order chi connectivity index (χ1) is 15.4. The summed E-state index contributed by atoms with van der Waals surface area (Å²) in [6.07, 6.45) is -0.866. The second kappa shape index (κ2) is 9.38. The number of aromatic nitrogens is 2. The lowest BCUT2D eigenvalue weighted by atomic mass is 10.2. The summed E-state index contributed by atoms with van der Waals surface area (Å²) < 4.78 is 7.68. The molecule has 32 heavy (non-hydrogen) atoms. The van der Waals surface area contributed by atoms with Crippen LogP contribution >= 0.6 is 23.2 Å². The summed E-state index contributed by atoms with van der Waals surface area (Å²) in [5, 5.41) is 21.0. The molecule has 1 unspecified atom stereocenters. The molecule has 168 valence electrons. The van der Waals surface area contributed by atoms with Crippen LogP contribution in [0.4, 0.5) is 5.82 Å². The Balaban J connectivity index is 1.78. The minimum atomic E-state index is -1.20. The lowest BCUT2D eigenvalue weighted by molar-refractivity contribution is 0.00112. The number of fused-ring (bicyclic) bond motifs is 1. The van der Waals surface area contributed by atoms with E-state index in [4.69, 9.17) is 27.9 Å². The van der Waals surface area contributed by atoms with E-state index in [0.29, 0.717) is 34.6 Å². The number of carbonyl (C=O) groups excluding carboxylic acids is 1. The number of ether oxygens (including phenoxy) is 1. The lowest BCUT2D eigenvalue weighted by Crippen LogP contribution is -2.54. The zero-order chi connectivity index (χ0) is 22.8. The van der Waals surface area contributed by atoms with Crippen LogP contribution in [0.25, 0.3) is 0 Å². The molecule has 1 atom stereocenters. The van der Waals surface area contributed by atoms with Crippen LogP contribution in [-0.2, 0) is 6.54 Å². The maximum absolute atomic E-state index is 13.4. The average molecular weight is 477 g/mol. The molecule has 1 aromatic heterocycles. The number of halogens is 2. The number of benzene rings is 2. The number of nitrogens with zero attached hydrogens (tertiary/aromatic N) is 4. The van der Waals surface area contributed by atoms with Crippen molar-refractivity contribution < 1.29 is 19.7 Å². The molecule has 2 N–H and O–H groups in total. The number of amides is 1. The molecule has 0 saturated heterocycles. The van der Waals surface area contributed by atoms with Crippen molar-refractivity contribution in [2.75, 3.05) is 25.1 Å². The normalized spacial score (nSPS) is 15.8. The number of anilines is 1. The molecule has 0 aliphatic carbocycles. The highest BCUT2D eigenvalue weighted by Gasteiger charge is 2.40. The largest absolute Gasteiger partial charge is 0.425 e. The minimum absolute atomic E-state index is 0.0952. The predicted octanol–water partition coefficient (Wildman–Crippen LogP) is 3.58. The van der Waals surface area contributed by atoms with Crippen LogP contribution in [-0.4, -0.2) is 57.1 Å². The number of carbonyl (C=O) groups is 1. The smallest absolute Gasteiger partial charge is 0.304 e. The number of hydrogen-bond donors (Lipinski definition) is 2. The van der Waals surface area contributed by atoms with Gasteiger partial charge >= 0.3 is 6.01 Å². The van der Waals surface area contributed by atoms with Gasteiger partial charge in [0.05, 0.1) is 6.54 Å². The molecule has 8 nitrogen and oxygen atoms in total. The molecule has 0 radical (unpaired) electrons. The highest BCUT2D eigenvalue weighted by Crippen LogP contribution is 2.35. The third-order valence-electron chi connectivity index (χ3n) is 5.17. The number of rotatable bonds is 7. The van der Waals surface area contributed by atoms with Crippen LogP contribution < -0.4 is 9.64 Å². The third kappa shape index (κ3) is 4.40. The van der Waals surface area contributed by atoms with E-state index in [1.54, 1.807) is 48.0 Å². The molecule has 3 aromatic rings. The molecule has 4 rings (SSSR count). The van der Waals surface area contributed by atoms with Crippen molar-refractivity contribution in [3.05, 3.63) is 69.8 Å². The van der Waals surface area contributed by atoms with Gasteiger partial charge in [0.15, 0.2) is 11.5 Å². The van der Waals surface area contributed by atoms with Crippen LogP contribution in [0.3, 0.4) is 0 Å². The van der Waals surface area contributed by atoms with Crippen LogP contribution in [0.1, 0.15) is 22.5 Å². The maximum atomic E-state index is 13.4. The van der Waals surface area contributed by atoms with Gasteiger partial charge in [0.25, 0.3) is 5.91 Å². The Morgan fingerprint density at radius 1 is 1.06 bits per heavy atom. The monoisotopic (exact) mass is 476 g/mol. The zero-order valence-corrected chi connectivity index (χ0v) is 18.8. The molecule has 1 amide bonds. The molecule has 0 saturated carbocycles. The molecule has 0 fully saturated rings. The Bertz CT molecular complexity index is 1100. The highest BCUT2D eigenvalue weighted by atomic mass is 35.5. The Morgan fingerprint density at radius 3 is 2.31 bits per heavy atom. The quantitative estimate of drug-likeness (QED) is 0.541. The minimum Gasteiger partial charge on any atom is -0.425 e. The SMILES string of the molecule is CN1c2nc(Oc3ccc(Cl)cc3)n(Cc3ccc(Cl)cc3)c2C(=O)N(CCCO)C1O. The molecule has 10 heteroatoms. The van der Waals surface area contributed by atoms with E-state index in [1.165, 1.54) is 9.80 Å². The van der Waals surface area contributed by atoms with Gasteiger partial charge in [-0.1, -0.05) is 35.3 Å². The highest BCUT2D eigenvalue weighted by molar-refractivity contribution is 6.30. The van der Waals surface area contributed by atoms with E-state index in [0.717, 1.165) is 5.56 Å². The van der Waals surface area contributed by atoms with Gasteiger partial charge in [-0.3, -0.25) is 14.3 Å². The van der Waals surface area contributed by atoms with Gasteiger partial charge in [0, 0.05) is 30.2 Å². The van der Waals surface area contributed by atoms with Crippen molar-refractivity contribution in [1.82, 2.24) is 14.5 Å². The molecular weight excluding hydrogens is 455 g/mol. The molecule has 1 aliphatic heterocycles. The average Bonchev–Trinajstić information content (AvgIpc) is 3.13. The molecule has 1 aliphatic rings. The Morgan fingerprint density at radius 2 is 1.69 bits per heavy atom. The van der Waals surface area contributed by atoms with Crippen molar-refractivity contribution >= 4 is 34.9 Å². The Hall–Kier alpha value is -2.78. The summed E-state index contributed by atoms with van der Waals surface area (Å²) in [7, 11) is 1.65. The first kappa shape index (κ1) is 22.4. The molecule has 2 aromatic carbocycles. The summed E-state index contributed by atoms with van der Waals surface area (Å²) in [4.78, 5) is 20.7. The number of hydrogen-bond acceptors (Lipinski definition) is 6. The van der Waals surface area contributed by atoms with Crippen molar-refractivity contribution in [2.24, 2.45) is 0 Å². The van der Waals surface area contributed by atoms with Crippen molar-refractivity contribution in [3.8, 4) is 11.8 Å². The van der Waals surface area contributed by atoms with Gasteiger partial charge in [-0.25, -0.2) is 0 Å². The first-order valence-corrected chi connectivity index (χ1v) is 10.8. The van der Waals surface area contributed by atoms with Gasteiger partial charge in [-0.2, -0.15) is 4.98 Å². The van der Waals surface area contributed by atoms with E-state index < -0.39 is 12.3 Å². The lowest BCUT2D eigenvalue weighted by Gasteiger charge is -2.38. The summed E-state index contributed by atoms with van der Waals surface area (Å²) in [5.74, 6) is 0.411. The van der Waals surface area contributed by atoms with Gasteiger partial charge < -0.3 is 19.8 Å². The molecule has 0 spiro atoms. The van der Waals surface area contributed by atoms with Crippen LogP contribution in [0.15, 0.2) is 48.5 Å². The predicted molar refractivity (Wildman–Crippen MR) is 121 cm³/mol. The Kier molecular flexibility index (Phi) is 6.57. The van der Waals surface area contributed by atoms with E-state index in [-0.39, 0.29) is 24.9 Å². The third-order valence-corrected chi connectivity index (χ3v) is 5.67. The molecule has 2 heterocycles. The van der Waals surface area contributed by atoms with Crippen molar-refractivity contribution in [3.63, 3.8) is 0 Å². The summed E-state index contributed by atoms with van der Waals surface area (Å²) in [6.45, 7) is 0.397. The maximum Gasteiger partial charge on any atom is 0.304 e. The fourth-order valence-electron chi connectivity index (χ4n) is 3.50. The second-order valence-corrected chi connectivity index (χ2v) is 8.24. The summed E-state index contributed by atoms with van der Waals surface area (Å²) in [6, 6.07) is 14.3. The van der Waals surface area contributed by atoms with Crippen LogP contribution in [0.5, 0.6) is 11.8 Å². The van der Waals surface area contributed by atoms with Gasteiger partial charge in [-0.15, -0.1) is 0 Å². The number of imidazole rings is 1. The van der Waals surface area contributed by atoms with Gasteiger partial charge in [-0.05, 0) is 48.4 Å². The summed E-state index contributed by atoms with van der Waals surface area (Å²) in [5.41, 5.74) is 1.17. The van der Waals surface area contributed by atoms with Gasteiger partial charge in [0.1, 0.15) is 5.75 Å². The topological polar surface area (TPSA) is 91.1 Å². The summed E-state index contributed by atoms with van der Waals surface area (Å²) >= 11 is 12.0. The van der Waals surface area contributed by atoms with Crippen molar-refractivity contribution in [2.45, 2.75) is 19.3 Å². The fourth-order valence-corrected chi connectivity index (χ4v) is 3.75. The Labute approximate surface area is 195 Å². The van der Waals surface area contributed by atoms with E-state index >= 15 is 0 Å². The number of aliphatic hydroxyl groups excluding tert-OH is 2. The van der Waals surface area contributed by atoms with Gasteiger partial charge in [0.2, 0.25) is 6.35 Å². The second-order valence-electron chi connectivity index (χ2n) is 7.37. The van der Waals surface area contributed by atoms with Crippen molar-refractivity contribution in [1.29, 1.82) is 0 Å². The van der Waals surface area contributed by atoms with Crippen LogP contribution in [0.2, 0.25) is 10.0 Å². The number of aliphatic hydroxyl groups is 2. The molecule has 0 bridgehead atoms. The van der Waals surface area contributed by atoms with E-state index in [9.17, 15) is 15.0 Å². The zero-order valence-electron chi connectivity index (χ0n) is 17.3. The van der Waals surface area contributed by atoms with Crippen LogP contribution in [0, 0.1) is 0 Å². The van der Waals surface area contributed by atoms with E-state index in [1.807, 2.05) is 12.1 Å². The fraction of sp³-hybridized carbons (Fsp3) is 0.273. The standard InChI is InChI=1S/C22H22Cl2N4O4/c1-26-19-18(20(30)27(22(26)31)11-2-12-29)28(13-14-3-5-15(23)6-4-14)21(25-19)32-17-9-7-16(24)8-10-17/h3-10,22,29,31H,2,11-13H2,1H3. The molecular formula is C22H22Cl2N4O4. The first-order valence-electron chi connectivity index (χ1n) is 10.00.